The first-order valence-electron chi connectivity index (χ1n) is 9.79. The SMILES string of the molecule is CCNC(=O)C(C)N(Cc1ccc(Cl)cc1Cl)C(=O)CN(c1cccc(Cl)c1Cl)S(C)(=O)=O. The lowest BCUT2D eigenvalue weighted by molar-refractivity contribution is -0.139. The maximum absolute atomic E-state index is 13.4. The number of benzene rings is 2. The van der Waals surface area contributed by atoms with E-state index in [1.165, 1.54) is 29.2 Å². The zero-order chi connectivity index (χ0) is 24.9. The van der Waals surface area contributed by atoms with Crippen LogP contribution in [0.15, 0.2) is 36.4 Å². The van der Waals surface area contributed by atoms with Gasteiger partial charge in [-0.1, -0.05) is 58.5 Å². The minimum Gasteiger partial charge on any atom is -0.355 e. The van der Waals surface area contributed by atoms with Gasteiger partial charge in [0.15, 0.2) is 0 Å². The van der Waals surface area contributed by atoms with E-state index in [-0.39, 0.29) is 22.3 Å². The average molecular weight is 555 g/mol. The number of carbonyl (C=O) groups is 2. The van der Waals surface area contributed by atoms with Gasteiger partial charge in [-0.3, -0.25) is 13.9 Å². The van der Waals surface area contributed by atoms with Crippen molar-refractivity contribution < 1.29 is 18.0 Å². The number of likely N-dealkylation sites (N-methyl/N-ethyl adjacent to an activating group) is 1. The van der Waals surface area contributed by atoms with Crippen LogP contribution in [0.5, 0.6) is 0 Å². The lowest BCUT2D eigenvalue weighted by atomic mass is 10.1. The minimum atomic E-state index is -3.93. The summed E-state index contributed by atoms with van der Waals surface area (Å²) in [5.41, 5.74) is 0.590. The Morgan fingerprint density at radius 2 is 1.73 bits per heavy atom. The van der Waals surface area contributed by atoms with Gasteiger partial charge in [0, 0.05) is 23.1 Å². The van der Waals surface area contributed by atoms with E-state index in [9.17, 15) is 18.0 Å². The molecule has 0 bridgehead atoms. The Balaban J connectivity index is 2.46. The first-order valence-corrected chi connectivity index (χ1v) is 13.2. The van der Waals surface area contributed by atoms with Crippen molar-refractivity contribution in [1.82, 2.24) is 10.2 Å². The fourth-order valence-electron chi connectivity index (χ4n) is 3.02. The van der Waals surface area contributed by atoms with Crippen LogP contribution in [0.4, 0.5) is 5.69 Å². The van der Waals surface area contributed by atoms with E-state index in [0.717, 1.165) is 10.6 Å². The second-order valence-electron chi connectivity index (χ2n) is 7.17. The number of hydrogen-bond donors (Lipinski definition) is 1. The zero-order valence-corrected chi connectivity index (χ0v) is 22.0. The molecular weight excluding hydrogens is 532 g/mol. The van der Waals surface area contributed by atoms with Crippen LogP contribution in [-0.2, 0) is 26.2 Å². The Kier molecular flexibility index (Phi) is 9.70. The number of nitrogens with zero attached hydrogens (tertiary/aromatic N) is 2. The second-order valence-corrected chi connectivity index (χ2v) is 10.7. The summed E-state index contributed by atoms with van der Waals surface area (Å²) < 4.78 is 25.9. The predicted molar refractivity (Wildman–Crippen MR) is 134 cm³/mol. The monoisotopic (exact) mass is 553 g/mol. The lowest BCUT2D eigenvalue weighted by Gasteiger charge is -2.32. The van der Waals surface area contributed by atoms with Crippen molar-refractivity contribution in [1.29, 1.82) is 0 Å². The summed E-state index contributed by atoms with van der Waals surface area (Å²) >= 11 is 24.5. The highest BCUT2D eigenvalue weighted by Gasteiger charge is 2.31. The van der Waals surface area contributed by atoms with E-state index in [0.29, 0.717) is 22.2 Å². The first-order chi connectivity index (χ1) is 15.4. The van der Waals surface area contributed by atoms with E-state index < -0.39 is 34.4 Å². The highest BCUT2D eigenvalue weighted by molar-refractivity contribution is 7.92. The number of sulfonamides is 1. The van der Waals surface area contributed by atoms with E-state index in [1.54, 1.807) is 26.0 Å². The molecule has 0 saturated carbocycles. The van der Waals surface area contributed by atoms with Crippen LogP contribution in [0.1, 0.15) is 19.4 Å². The molecule has 2 amide bonds. The summed E-state index contributed by atoms with van der Waals surface area (Å²) in [5.74, 6) is -1.04. The van der Waals surface area contributed by atoms with E-state index in [1.807, 2.05) is 0 Å². The van der Waals surface area contributed by atoms with Crippen molar-refractivity contribution in [2.75, 3.05) is 23.7 Å². The van der Waals surface area contributed by atoms with Crippen LogP contribution in [0.3, 0.4) is 0 Å². The highest BCUT2D eigenvalue weighted by Crippen LogP contribution is 2.34. The lowest BCUT2D eigenvalue weighted by Crippen LogP contribution is -2.51. The number of amides is 2. The van der Waals surface area contributed by atoms with Gasteiger partial charge in [0.1, 0.15) is 12.6 Å². The molecule has 33 heavy (non-hydrogen) atoms. The molecule has 0 heterocycles. The molecule has 1 unspecified atom stereocenters. The molecule has 7 nitrogen and oxygen atoms in total. The van der Waals surface area contributed by atoms with Gasteiger partial charge in [0.2, 0.25) is 21.8 Å². The van der Waals surface area contributed by atoms with E-state index in [2.05, 4.69) is 5.32 Å². The Labute approximate surface area is 213 Å². The molecular formula is C21H23Cl4N3O4S. The van der Waals surface area contributed by atoms with Crippen LogP contribution in [-0.4, -0.2) is 50.5 Å². The van der Waals surface area contributed by atoms with E-state index >= 15 is 0 Å². The van der Waals surface area contributed by atoms with Gasteiger partial charge in [-0.05, 0) is 43.7 Å². The fraction of sp³-hybridized carbons (Fsp3) is 0.333. The maximum Gasteiger partial charge on any atom is 0.244 e. The minimum absolute atomic E-state index is 0.0125. The quantitative estimate of drug-likeness (QED) is 0.490. The molecule has 0 aromatic heterocycles. The van der Waals surface area contributed by atoms with Crippen LogP contribution < -0.4 is 9.62 Å². The number of hydrogen-bond acceptors (Lipinski definition) is 4. The first kappa shape index (κ1) is 27.5. The van der Waals surface area contributed by atoms with Crippen LogP contribution in [0.2, 0.25) is 20.1 Å². The van der Waals surface area contributed by atoms with Crippen LogP contribution >= 0.6 is 46.4 Å². The third kappa shape index (κ3) is 7.13. The van der Waals surface area contributed by atoms with Crippen LogP contribution in [0, 0.1) is 0 Å². The summed E-state index contributed by atoms with van der Waals surface area (Å²) in [5, 5.41) is 3.51. The molecule has 0 aliphatic carbocycles. The molecule has 0 aliphatic rings. The molecule has 0 fully saturated rings. The molecule has 0 saturated heterocycles. The van der Waals surface area contributed by atoms with Gasteiger partial charge >= 0.3 is 0 Å². The molecule has 0 aliphatic heterocycles. The normalized spacial score (nSPS) is 12.2. The van der Waals surface area contributed by atoms with Crippen molar-refractivity contribution in [2.24, 2.45) is 0 Å². The number of anilines is 1. The Morgan fingerprint density at radius 1 is 1.06 bits per heavy atom. The van der Waals surface area contributed by atoms with Crippen molar-refractivity contribution in [2.45, 2.75) is 26.4 Å². The highest BCUT2D eigenvalue weighted by atomic mass is 35.5. The molecule has 2 rings (SSSR count). The number of carbonyl (C=O) groups excluding carboxylic acids is 2. The molecule has 1 atom stereocenters. The zero-order valence-electron chi connectivity index (χ0n) is 18.1. The maximum atomic E-state index is 13.4. The van der Waals surface area contributed by atoms with Gasteiger partial charge < -0.3 is 10.2 Å². The van der Waals surface area contributed by atoms with Gasteiger partial charge in [-0.15, -0.1) is 0 Å². The van der Waals surface area contributed by atoms with Gasteiger partial charge in [0.25, 0.3) is 0 Å². The van der Waals surface area contributed by atoms with Gasteiger partial charge in [-0.2, -0.15) is 0 Å². The summed E-state index contributed by atoms with van der Waals surface area (Å²) in [6.07, 6.45) is 0.950. The van der Waals surface area contributed by atoms with Crippen molar-refractivity contribution in [3.05, 3.63) is 62.1 Å². The largest absolute Gasteiger partial charge is 0.355 e. The number of rotatable bonds is 9. The molecule has 180 valence electrons. The molecule has 2 aromatic carbocycles. The third-order valence-corrected chi connectivity index (χ3v) is 7.28. The topological polar surface area (TPSA) is 86.8 Å². The summed E-state index contributed by atoms with van der Waals surface area (Å²) in [6.45, 7) is 3.01. The smallest absolute Gasteiger partial charge is 0.244 e. The molecule has 0 spiro atoms. The second kappa shape index (κ2) is 11.6. The molecule has 2 aromatic rings. The predicted octanol–water partition coefficient (Wildman–Crippen LogP) is 4.62. The molecule has 12 heteroatoms. The Hall–Kier alpha value is -1.71. The van der Waals surface area contributed by atoms with Gasteiger partial charge in [0.05, 0.1) is 22.0 Å². The third-order valence-electron chi connectivity index (χ3n) is 4.75. The number of nitrogens with one attached hydrogen (secondary N) is 1. The summed E-state index contributed by atoms with van der Waals surface area (Å²) in [4.78, 5) is 27.2. The summed E-state index contributed by atoms with van der Waals surface area (Å²) in [6, 6.07) is 8.31. The van der Waals surface area contributed by atoms with Crippen molar-refractivity contribution >= 4 is 73.9 Å². The standard InChI is InChI=1S/C21H23Cl4N3O4S/c1-4-26-21(30)13(2)27(11-14-8-9-15(22)10-17(14)24)19(29)12-28(33(3,31)32)18-7-5-6-16(23)20(18)25/h5-10,13H,4,11-12H2,1-3H3,(H,26,30). The van der Waals surface area contributed by atoms with E-state index in [4.69, 9.17) is 46.4 Å². The Bertz CT molecular complexity index is 1140. The fourth-order valence-corrected chi connectivity index (χ4v) is 4.79. The van der Waals surface area contributed by atoms with Gasteiger partial charge in [-0.25, -0.2) is 8.42 Å². The van der Waals surface area contributed by atoms with Crippen LogP contribution in [0.25, 0.3) is 0 Å². The summed E-state index contributed by atoms with van der Waals surface area (Å²) in [7, 11) is -3.93. The molecule has 0 radical (unpaired) electrons. The Morgan fingerprint density at radius 3 is 2.30 bits per heavy atom. The van der Waals surface area contributed by atoms with Crippen molar-refractivity contribution in [3.63, 3.8) is 0 Å². The molecule has 1 N–H and O–H groups in total. The van der Waals surface area contributed by atoms with Crippen molar-refractivity contribution in [3.8, 4) is 0 Å². The number of halogens is 4. The average Bonchev–Trinajstić information content (AvgIpc) is 2.72.